The third-order valence-corrected chi connectivity index (χ3v) is 14.8. The molecular weight excluding hydrogens is 885 g/mol. The van der Waals surface area contributed by atoms with Crippen molar-refractivity contribution in [1.82, 2.24) is 19.1 Å². The molecule has 0 bridgehead atoms. The van der Waals surface area contributed by atoms with Gasteiger partial charge in [-0.15, -0.1) is 0 Å². The first kappa shape index (κ1) is 43.9. The lowest BCUT2D eigenvalue weighted by Gasteiger charge is -2.21. The number of hydrogen-bond donors (Lipinski definition) is 0. The van der Waals surface area contributed by atoms with Crippen LogP contribution in [0.25, 0.3) is 122 Å². The number of para-hydroxylation sites is 3. The highest BCUT2D eigenvalue weighted by atomic mass is 15.0. The van der Waals surface area contributed by atoms with E-state index in [0.717, 1.165) is 72.6 Å². The second-order valence-electron chi connectivity index (χ2n) is 19.7. The maximum absolute atomic E-state index is 5.52. The Morgan fingerprint density at radius 3 is 1.41 bits per heavy atom. The summed E-state index contributed by atoms with van der Waals surface area (Å²) in [5, 5.41) is 4.81. The van der Waals surface area contributed by atoms with E-state index >= 15 is 0 Å². The third kappa shape index (κ3) is 7.45. The van der Waals surface area contributed by atoms with Crippen molar-refractivity contribution in [3.8, 4) is 78.7 Å². The molecule has 13 rings (SSSR count). The van der Waals surface area contributed by atoms with Crippen LogP contribution in [0, 0.1) is 34.6 Å². The van der Waals surface area contributed by atoms with Crippen molar-refractivity contribution in [2.75, 3.05) is 0 Å². The van der Waals surface area contributed by atoms with E-state index in [1.54, 1.807) is 0 Å². The van der Waals surface area contributed by atoms with Crippen LogP contribution in [-0.2, 0) is 0 Å². The molecule has 0 aliphatic heterocycles. The summed E-state index contributed by atoms with van der Waals surface area (Å²) >= 11 is 0. The number of aryl methyl sites for hydroxylation is 5. The molecule has 4 nitrogen and oxygen atoms in total. The fourth-order valence-electron chi connectivity index (χ4n) is 11.7. The number of nitrogens with zero attached hydrogens (tertiary/aromatic N) is 4. The Morgan fingerprint density at radius 2 is 0.781 bits per heavy atom. The van der Waals surface area contributed by atoms with Crippen LogP contribution in [0.1, 0.15) is 27.8 Å². The molecule has 0 radical (unpaired) electrons. The van der Waals surface area contributed by atoms with Gasteiger partial charge in [-0.2, -0.15) is 0 Å². The average Bonchev–Trinajstić information content (AvgIpc) is 3.93. The quantitative estimate of drug-likeness (QED) is 0.152. The van der Waals surface area contributed by atoms with E-state index in [4.69, 9.17) is 9.97 Å². The van der Waals surface area contributed by atoms with Crippen molar-refractivity contribution in [2.24, 2.45) is 0 Å². The van der Waals surface area contributed by atoms with Gasteiger partial charge in [-0.1, -0.05) is 181 Å². The van der Waals surface area contributed by atoms with Gasteiger partial charge in [-0.3, -0.25) is 0 Å². The molecule has 0 aliphatic carbocycles. The van der Waals surface area contributed by atoms with Crippen LogP contribution in [0.5, 0.6) is 0 Å². The molecule has 13 aromatic rings. The van der Waals surface area contributed by atoms with Crippen LogP contribution in [0.4, 0.5) is 0 Å². The van der Waals surface area contributed by atoms with E-state index in [2.05, 4.69) is 268 Å². The lowest BCUT2D eigenvalue weighted by Crippen LogP contribution is -2.04. The molecule has 3 heterocycles. The van der Waals surface area contributed by atoms with E-state index in [1.165, 1.54) is 71.6 Å². The summed E-state index contributed by atoms with van der Waals surface area (Å²) in [7, 11) is 0. The molecule has 0 spiro atoms. The Bertz CT molecular complexity index is 4230. The zero-order valence-electron chi connectivity index (χ0n) is 41.7. The summed E-state index contributed by atoms with van der Waals surface area (Å²) in [5.41, 5.74) is 24.8. The number of aromatic nitrogens is 4. The van der Waals surface area contributed by atoms with Gasteiger partial charge >= 0.3 is 0 Å². The average molecular weight is 937 g/mol. The first-order valence-corrected chi connectivity index (χ1v) is 25.2. The van der Waals surface area contributed by atoms with Gasteiger partial charge < -0.3 is 9.13 Å². The molecule has 0 amide bonds. The number of benzene rings is 10. The van der Waals surface area contributed by atoms with E-state index in [9.17, 15) is 0 Å². The van der Waals surface area contributed by atoms with Gasteiger partial charge in [-0.05, 0) is 128 Å². The minimum atomic E-state index is 0.653. The topological polar surface area (TPSA) is 35.6 Å². The van der Waals surface area contributed by atoms with Crippen LogP contribution < -0.4 is 0 Å². The van der Waals surface area contributed by atoms with Crippen molar-refractivity contribution in [2.45, 2.75) is 34.6 Å². The van der Waals surface area contributed by atoms with Crippen molar-refractivity contribution in [3.63, 3.8) is 0 Å². The van der Waals surface area contributed by atoms with Crippen LogP contribution in [0.15, 0.2) is 224 Å². The summed E-state index contributed by atoms with van der Waals surface area (Å²) in [6.07, 6.45) is 0. The lowest BCUT2D eigenvalue weighted by molar-refractivity contribution is 1.15. The Morgan fingerprint density at radius 1 is 0.288 bits per heavy atom. The molecule has 0 atom stereocenters. The zero-order chi connectivity index (χ0) is 49.3. The molecule has 4 heteroatoms. The highest BCUT2D eigenvalue weighted by molar-refractivity contribution is 6.13. The van der Waals surface area contributed by atoms with Crippen LogP contribution in [0.2, 0.25) is 0 Å². The highest BCUT2D eigenvalue weighted by Gasteiger charge is 2.25. The lowest BCUT2D eigenvalue weighted by atomic mass is 9.93. The normalized spacial score (nSPS) is 11.6. The first-order valence-electron chi connectivity index (χ1n) is 25.2. The monoisotopic (exact) mass is 936 g/mol. The molecule has 348 valence electrons. The maximum Gasteiger partial charge on any atom is 0.161 e. The highest BCUT2D eigenvalue weighted by Crippen LogP contribution is 2.46. The van der Waals surface area contributed by atoms with Crippen molar-refractivity contribution in [1.29, 1.82) is 0 Å². The molecule has 0 N–H and O–H groups in total. The summed E-state index contributed by atoms with van der Waals surface area (Å²) in [6, 6.07) is 81.7. The largest absolute Gasteiger partial charge is 0.309 e. The zero-order valence-corrected chi connectivity index (χ0v) is 41.7. The number of fused-ring (bicyclic) bond motifs is 6. The Labute approximate surface area is 426 Å². The summed E-state index contributed by atoms with van der Waals surface area (Å²) in [5.74, 6) is 0.653. The molecule has 0 fully saturated rings. The molecule has 0 saturated heterocycles. The van der Waals surface area contributed by atoms with Gasteiger partial charge in [0.2, 0.25) is 0 Å². The minimum absolute atomic E-state index is 0.653. The molecule has 3 aromatic heterocycles. The summed E-state index contributed by atoms with van der Waals surface area (Å²) < 4.78 is 4.94. The second-order valence-corrected chi connectivity index (χ2v) is 19.7. The first-order chi connectivity index (χ1) is 35.8. The maximum atomic E-state index is 5.52. The predicted octanol–water partition coefficient (Wildman–Crippen LogP) is 18.2. The predicted molar refractivity (Wildman–Crippen MR) is 307 cm³/mol. The van der Waals surface area contributed by atoms with Gasteiger partial charge in [0, 0.05) is 49.4 Å². The molecule has 73 heavy (non-hydrogen) atoms. The van der Waals surface area contributed by atoms with E-state index in [0.29, 0.717) is 5.82 Å². The van der Waals surface area contributed by atoms with Gasteiger partial charge in [0.1, 0.15) is 0 Å². The van der Waals surface area contributed by atoms with Crippen molar-refractivity contribution >= 4 is 43.6 Å². The van der Waals surface area contributed by atoms with E-state index in [-0.39, 0.29) is 0 Å². The summed E-state index contributed by atoms with van der Waals surface area (Å²) in [4.78, 5) is 11.0. The van der Waals surface area contributed by atoms with Crippen LogP contribution >= 0.6 is 0 Å². The third-order valence-electron chi connectivity index (χ3n) is 14.8. The molecule has 10 aromatic carbocycles. The standard InChI is InChI=1S/C69H52N4/c1-43-31-34-52(45(3)37-43)50-32-35-65-57(40-50)53-23-13-16-28-62(53)73(65)66-30-18-26-56(69-70-59(48-19-8-6-9-20-48)42-60(71-69)49-21-10-7-11-22-49)68(66)55-25-14-17-29-63(55)72-61-27-15-12-24-54(61)58-41-51(33-36-64(58)72)67-46(4)38-44(2)39-47(67)5/h6-42H,1-5H3. The number of rotatable bonds is 8. The fourth-order valence-corrected chi connectivity index (χ4v) is 11.7. The summed E-state index contributed by atoms with van der Waals surface area (Å²) in [6.45, 7) is 11.0. The van der Waals surface area contributed by atoms with Gasteiger partial charge in [-0.25, -0.2) is 9.97 Å². The molecule has 0 saturated carbocycles. The minimum Gasteiger partial charge on any atom is -0.309 e. The van der Waals surface area contributed by atoms with Gasteiger partial charge in [0.25, 0.3) is 0 Å². The Balaban J connectivity index is 1.12. The molecular formula is C69H52N4. The SMILES string of the molecule is Cc1ccc(-c2ccc3c(c2)c2ccccc2n3-c2cccc(-c3nc(-c4ccccc4)cc(-c4ccccc4)n3)c2-c2ccccc2-n2c3ccccc3c3cc(-c4c(C)cc(C)cc4C)ccc32)c(C)c1. The van der Waals surface area contributed by atoms with Gasteiger partial charge in [0.15, 0.2) is 5.82 Å². The Kier molecular flexibility index (Phi) is 10.6. The van der Waals surface area contributed by atoms with Crippen molar-refractivity contribution in [3.05, 3.63) is 252 Å². The van der Waals surface area contributed by atoms with Gasteiger partial charge in [0.05, 0.1) is 44.8 Å². The van der Waals surface area contributed by atoms with Crippen LogP contribution in [0.3, 0.4) is 0 Å². The fraction of sp³-hybridized carbons (Fsp3) is 0.0725. The van der Waals surface area contributed by atoms with E-state index in [1.807, 2.05) is 0 Å². The molecule has 0 aliphatic rings. The van der Waals surface area contributed by atoms with E-state index < -0.39 is 0 Å². The Hall–Kier alpha value is -9.12. The van der Waals surface area contributed by atoms with Crippen molar-refractivity contribution < 1.29 is 0 Å². The molecule has 0 unspecified atom stereocenters. The van der Waals surface area contributed by atoms with Crippen LogP contribution in [-0.4, -0.2) is 19.1 Å². The smallest absolute Gasteiger partial charge is 0.161 e. The second kappa shape index (κ2) is 17.6. The number of hydrogen-bond acceptors (Lipinski definition) is 2.